The number of amides is 2. The number of carboxylic acid groups (broad SMARTS) is 1. The van der Waals surface area contributed by atoms with E-state index in [1.165, 1.54) is 4.90 Å². The van der Waals surface area contributed by atoms with Crippen LogP contribution in [0.1, 0.15) is 24.4 Å². The molecule has 1 unspecified atom stereocenters. The van der Waals surface area contributed by atoms with Crippen LogP contribution < -0.4 is 10.1 Å². The molecule has 1 heterocycles. The monoisotopic (exact) mass is 356 g/mol. The molecule has 2 amide bonds. The third-order valence-corrected chi connectivity index (χ3v) is 3.81. The molecule has 0 saturated carbocycles. The van der Waals surface area contributed by atoms with Crippen LogP contribution in [-0.4, -0.2) is 42.2 Å². The van der Waals surface area contributed by atoms with Gasteiger partial charge in [-0.2, -0.15) is 0 Å². The number of ether oxygens (including phenoxy) is 1. The van der Waals surface area contributed by atoms with Crippen LogP contribution >= 0.6 is 15.9 Å². The Morgan fingerprint density at radius 2 is 2.29 bits per heavy atom. The van der Waals surface area contributed by atoms with Gasteiger partial charge >= 0.3 is 12.0 Å². The third-order valence-electron chi connectivity index (χ3n) is 3.32. The summed E-state index contributed by atoms with van der Waals surface area (Å²) in [7, 11) is 1.58. The Labute approximate surface area is 131 Å². The summed E-state index contributed by atoms with van der Waals surface area (Å²) < 4.78 is 6.49. The molecule has 0 aromatic heterocycles. The Kier molecular flexibility index (Phi) is 5.06. The molecule has 0 spiro atoms. The van der Waals surface area contributed by atoms with Crippen LogP contribution in [0.15, 0.2) is 22.7 Å². The average Bonchev–Trinajstić information content (AvgIpc) is 2.45. The lowest BCUT2D eigenvalue weighted by molar-refractivity contribution is -0.137. The lowest BCUT2D eigenvalue weighted by Crippen LogP contribution is -2.41. The van der Waals surface area contributed by atoms with Crippen LogP contribution in [0.25, 0.3) is 0 Å². The molecule has 0 aliphatic carbocycles. The van der Waals surface area contributed by atoms with Crippen molar-refractivity contribution in [3.8, 4) is 5.75 Å². The third kappa shape index (κ3) is 4.10. The minimum atomic E-state index is -0.921. The maximum absolute atomic E-state index is 12.1. The van der Waals surface area contributed by atoms with E-state index in [1.54, 1.807) is 7.05 Å². The Morgan fingerprint density at radius 3 is 3.00 bits per heavy atom. The topological polar surface area (TPSA) is 78.9 Å². The summed E-state index contributed by atoms with van der Waals surface area (Å²) in [5, 5.41) is 11.6. The summed E-state index contributed by atoms with van der Waals surface area (Å²) in [6.45, 7) is 0.716. The summed E-state index contributed by atoms with van der Waals surface area (Å²) >= 11 is 3.41. The molecule has 1 atom stereocenters. The second-order valence-electron chi connectivity index (χ2n) is 4.89. The highest BCUT2D eigenvalue weighted by molar-refractivity contribution is 9.10. The van der Waals surface area contributed by atoms with E-state index in [1.807, 2.05) is 18.2 Å². The Balaban J connectivity index is 2.02. The van der Waals surface area contributed by atoms with E-state index in [2.05, 4.69) is 21.2 Å². The van der Waals surface area contributed by atoms with Crippen LogP contribution in [0.2, 0.25) is 0 Å². The summed E-state index contributed by atoms with van der Waals surface area (Å²) in [6.07, 6.45) is 0.613. The zero-order valence-corrected chi connectivity index (χ0v) is 13.2. The number of urea groups is 1. The molecule has 21 heavy (non-hydrogen) atoms. The van der Waals surface area contributed by atoms with E-state index < -0.39 is 5.97 Å². The molecule has 1 aromatic rings. The average molecular weight is 357 g/mol. The van der Waals surface area contributed by atoms with E-state index in [-0.39, 0.29) is 25.0 Å². The van der Waals surface area contributed by atoms with E-state index in [4.69, 9.17) is 9.84 Å². The first-order valence-corrected chi connectivity index (χ1v) is 7.42. The molecule has 6 nitrogen and oxygen atoms in total. The zero-order valence-electron chi connectivity index (χ0n) is 11.6. The summed E-state index contributed by atoms with van der Waals surface area (Å²) in [5.74, 6) is -0.155. The van der Waals surface area contributed by atoms with Crippen LogP contribution in [0.3, 0.4) is 0 Å². The van der Waals surface area contributed by atoms with Gasteiger partial charge in [0.05, 0.1) is 19.1 Å². The standard InChI is InChI=1S/C14H17BrN2O4/c1-17(6-4-13(18)19)14(20)16-11-5-7-21-12-3-2-9(15)8-10(11)12/h2-3,8,11H,4-7H2,1H3,(H,16,20)(H,18,19). The summed E-state index contributed by atoms with van der Waals surface area (Å²) in [5.41, 5.74) is 0.926. The number of carboxylic acids is 1. The SMILES string of the molecule is CN(CCC(=O)O)C(=O)NC1CCOc2ccc(Br)cc21. The predicted molar refractivity (Wildman–Crippen MR) is 80.4 cm³/mol. The molecule has 0 radical (unpaired) electrons. The van der Waals surface area contributed by atoms with Crippen LogP contribution in [0, 0.1) is 0 Å². The molecule has 0 saturated heterocycles. The second-order valence-corrected chi connectivity index (χ2v) is 5.80. The molecular weight excluding hydrogens is 340 g/mol. The van der Waals surface area contributed by atoms with E-state index in [0.717, 1.165) is 15.8 Å². The van der Waals surface area contributed by atoms with Gasteiger partial charge < -0.3 is 20.1 Å². The van der Waals surface area contributed by atoms with Crippen molar-refractivity contribution in [3.63, 3.8) is 0 Å². The highest BCUT2D eigenvalue weighted by Gasteiger charge is 2.24. The Morgan fingerprint density at radius 1 is 1.52 bits per heavy atom. The molecule has 0 fully saturated rings. The first-order valence-electron chi connectivity index (χ1n) is 6.63. The lowest BCUT2D eigenvalue weighted by atomic mass is 10.0. The van der Waals surface area contributed by atoms with E-state index in [9.17, 15) is 9.59 Å². The zero-order chi connectivity index (χ0) is 15.4. The molecule has 114 valence electrons. The van der Waals surface area contributed by atoms with Crippen molar-refractivity contribution in [2.45, 2.75) is 18.9 Å². The quantitative estimate of drug-likeness (QED) is 0.867. The first kappa shape index (κ1) is 15.6. The smallest absolute Gasteiger partial charge is 0.317 e. The van der Waals surface area contributed by atoms with Crippen LogP contribution in [0.4, 0.5) is 4.79 Å². The predicted octanol–water partition coefficient (Wildman–Crippen LogP) is 2.39. The number of halogens is 1. The van der Waals surface area contributed by atoms with Gasteiger partial charge in [0.15, 0.2) is 0 Å². The van der Waals surface area contributed by atoms with E-state index >= 15 is 0 Å². The number of rotatable bonds is 4. The number of nitrogens with zero attached hydrogens (tertiary/aromatic N) is 1. The van der Waals surface area contributed by atoms with Gasteiger partial charge in [0, 0.05) is 30.0 Å². The minimum Gasteiger partial charge on any atom is -0.493 e. The molecular formula is C14H17BrN2O4. The van der Waals surface area contributed by atoms with Crippen LogP contribution in [0.5, 0.6) is 5.75 Å². The van der Waals surface area contributed by atoms with Gasteiger partial charge in [0.25, 0.3) is 0 Å². The number of hydrogen-bond acceptors (Lipinski definition) is 3. The Bertz CT molecular complexity index is 550. The molecule has 1 aliphatic rings. The molecule has 1 aliphatic heterocycles. The lowest BCUT2D eigenvalue weighted by Gasteiger charge is -2.28. The van der Waals surface area contributed by atoms with Gasteiger partial charge in [-0.05, 0) is 18.2 Å². The number of carbonyl (C=O) groups excluding carboxylic acids is 1. The van der Waals surface area contributed by atoms with Gasteiger partial charge in [-0.3, -0.25) is 4.79 Å². The number of fused-ring (bicyclic) bond motifs is 1. The van der Waals surface area contributed by atoms with Gasteiger partial charge in [0.1, 0.15) is 5.75 Å². The summed E-state index contributed by atoms with van der Waals surface area (Å²) in [4.78, 5) is 24.0. The van der Waals surface area contributed by atoms with Gasteiger partial charge in [-0.15, -0.1) is 0 Å². The largest absolute Gasteiger partial charge is 0.493 e. The van der Waals surface area contributed by atoms with E-state index in [0.29, 0.717) is 13.0 Å². The second kappa shape index (κ2) is 6.80. The fourth-order valence-corrected chi connectivity index (χ4v) is 2.52. The molecule has 7 heteroatoms. The Hall–Kier alpha value is -1.76. The van der Waals surface area contributed by atoms with Crippen molar-refractivity contribution in [1.29, 1.82) is 0 Å². The number of benzene rings is 1. The van der Waals surface area contributed by atoms with Gasteiger partial charge in [-0.25, -0.2) is 4.79 Å². The van der Waals surface area contributed by atoms with Gasteiger partial charge in [-0.1, -0.05) is 15.9 Å². The van der Waals surface area contributed by atoms with Crippen molar-refractivity contribution in [3.05, 3.63) is 28.2 Å². The summed E-state index contributed by atoms with van der Waals surface area (Å²) in [6, 6.07) is 5.27. The minimum absolute atomic E-state index is 0.0696. The molecule has 2 rings (SSSR count). The maximum Gasteiger partial charge on any atom is 0.317 e. The van der Waals surface area contributed by atoms with Gasteiger partial charge in [0.2, 0.25) is 0 Å². The number of hydrogen-bond donors (Lipinski definition) is 2. The van der Waals surface area contributed by atoms with Crippen molar-refractivity contribution < 1.29 is 19.4 Å². The normalized spacial score (nSPS) is 16.6. The first-order chi connectivity index (χ1) is 9.97. The highest BCUT2D eigenvalue weighted by atomic mass is 79.9. The fraction of sp³-hybridized carbons (Fsp3) is 0.429. The van der Waals surface area contributed by atoms with Crippen molar-refractivity contribution >= 4 is 27.9 Å². The number of nitrogens with one attached hydrogen (secondary N) is 1. The number of carbonyl (C=O) groups is 2. The molecule has 0 bridgehead atoms. The van der Waals surface area contributed by atoms with Crippen molar-refractivity contribution in [2.24, 2.45) is 0 Å². The molecule has 1 aromatic carbocycles. The molecule has 2 N–H and O–H groups in total. The fourth-order valence-electron chi connectivity index (χ4n) is 2.14. The van der Waals surface area contributed by atoms with Crippen molar-refractivity contribution in [1.82, 2.24) is 10.2 Å². The maximum atomic E-state index is 12.1. The number of aliphatic carboxylic acids is 1. The van der Waals surface area contributed by atoms with Crippen LogP contribution in [-0.2, 0) is 4.79 Å². The van der Waals surface area contributed by atoms with Crippen molar-refractivity contribution in [2.75, 3.05) is 20.2 Å². The highest BCUT2D eigenvalue weighted by Crippen LogP contribution is 2.34.